The molecule has 0 bridgehead atoms. The van der Waals surface area contributed by atoms with Crippen LogP contribution in [0.3, 0.4) is 0 Å². The van der Waals surface area contributed by atoms with Gasteiger partial charge in [0, 0.05) is 12.6 Å². The zero-order valence-corrected chi connectivity index (χ0v) is 18.3. The lowest BCUT2D eigenvalue weighted by Gasteiger charge is -2.30. The molecule has 2 N–H and O–H groups in total. The maximum Gasteiger partial charge on any atom is 0.416 e. The molecule has 2 aromatic rings. The Balaban J connectivity index is 1.54. The molecule has 162 valence electrons. The molecule has 0 amide bonds. The van der Waals surface area contributed by atoms with Crippen LogP contribution in [-0.4, -0.2) is 30.7 Å². The molecule has 1 aromatic heterocycles. The highest BCUT2D eigenvalue weighted by Gasteiger charge is 2.32. The second kappa shape index (κ2) is 8.03. The van der Waals surface area contributed by atoms with Crippen LogP contribution in [0.25, 0.3) is 10.2 Å². The number of benzene rings is 1. The quantitative estimate of drug-likeness (QED) is 0.674. The summed E-state index contributed by atoms with van der Waals surface area (Å²) >= 11 is 1.22. The maximum absolute atomic E-state index is 12.9. The molecule has 3 rings (SSSR count). The summed E-state index contributed by atoms with van der Waals surface area (Å²) in [5, 5.41) is 3.95. The van der Waals surface area contributed by atoms with E-state index in [4.69, 9.17) is 0 Å². The van der Waals surface area contributed by atoms with Crippen molar-refractivity contribution in [1.29, 1.82) is 0 Å². The predicted octanol–water partition coefficient (Wildman–Crippen LogP) is 5.00. The van der Waals surface area contributed by atoms with Crippen molar-refractivity contribution in [3.8, 4) is 0 Å². The van der Waals surface area contributed by atoms with Gasteiger partial charge in [0.05, 0.1) is 20.5 Å². The average molecular weight is 450 g/mol. The largest absolute Gasteiger partial charge is 0.416 e. The summed E-state index contributed by atoms with van der Waals surface area (Å²) in [7, 11) is -3.34. The number of alkyl halides is 3. The van der Waals surface area contributed by atoms with E-state index in [0.717, 1.165) is 37.8 Å². The number of aromatic nitrogens is 1. The zero-order chi connectivity index (χ0) is 21.4. The number of sulfonamides is 1. The Kier molecular flexibility index (Phi) is 6.18. The molecule has 0 radical (unpaired) electrons. The number of nitrogens with one attached hydrogen (secondary N) is 2. The van der Waals surface area contributed by atoms with Crippen LogP contribution in [0.1, 0.15) is 52.0 Å². The van der Waals surface area contributed by atoms with Crippen molar-refractivity contribution in [2.24, 2.45) is 5.92 Å². The number of rotatable bonds is 5. The molecule has 0 aliphatic heterocycles. The summed E-state index contributed by atoms with van der Waals surface area (Å²) in [6.07, 6.45) is -0.864. The van der Waals surface area contributed by atoms with Crippen LogP contribution in [0.2, 0.25) is 0 Å². The highest BCUT2D eigenvalue weighted by atomic mass is 32.2. The molecule has 5 nitrogen and oxygen atoms in total. The van der Waals surface area contributed by atoms with Crippen LogP contribution in [0, 0.1) is 5.92 Å². The first kappa shape index (κ1) is 22.3. The molecule has 1 aliphatic rings. The van der Waals surface area contributed by atoms with E-state index in [9.17, 15) is 21.6 Å². The molecule has 0 atom stereocenters. The molecule has 1 fully saturated rings. The summed E-state index contributed by atoms with van der Waals surface area (Å²) in [4.78, 5) is 4.39. The zero-order valence-electron chi connectivity index (χ0n) is 16.6. The lowest BCUT2D eigenvalue weighted by atomic mass is 9.86. The highest BCUT2D eigenvalue weighted by molar-refractivity contribution is 7.90. The van der Waals surface area contributed by atoms with Gasteiger partial charge in [-0.1, -0.05) is 11.3 Å². The average Bonchev–Trinajstić information content (AvgIpc) is 3.01. The molecular formula is C19H26F3N3O2S2. The number of thiazole rings is 1. The molecule has 1 heterocycles. The first-order chi connectivity index (χ1) is 13.3. The van der Waals surface area contributed by atoms with E-state index in [1.807, 2.05) is 0 Å². The number of halogens is 3. The van der Waals surface area contributed by atoms with E-state index in [-0.39, 0.29) is 12.0 Å². The van der Waals surface area contributed by atoms with E-state index >= 15 is 0 Å². The summed E-state index contributed by atoms with van der Waals surface area (Å²) in [5.74, 6) is 0.287. The number of nitrogens with zero attached hydrogens (tertiary/aromatic N) is 1. The van der Waals surface area contributed by atoms with Gasteiger partial charge in [-0.05, 0) is 70.6 Å². The molecule has 29 heavy (non-hydrogen) atoms. The second-order valence-electron chi connectivity index (χ2n) is 8.53. The molecule has 0 saturated heterocycles. The fourth-order valence-corrected chi connectivity index (χ4v) is 5.16. The minimum Gasteiger partial charge on any atom is -0.359 e. The highest BCUT2D eigenvalue weighted by Crippen LogP contribution is 2.35. The van der Waals surface area contributed by atoms with Gasteiger partial charge < -0.3 is 5.32 Å². The number of hydrogen-bond donors (Lipinski definition) is 2. The van der Waals surface area contributed by atoms with E-state index in [2.05, 4.69) is 15.0 Å². The summed E-state index contributed by atoms with van der Waals surface area (Å²) < 4.78 is 65.3. The van der Waals surface area contributed by atoms with Gasteiger partial charge in [0.25, 0.3) is 0 Å². The normalized spacial score (nSPS) is 21.4. The Morgan fingerprint density at radius 3 is 2.38 bits per heavy atom. The molecular weight excluding hydrogens is 423 g/mol. The van der Waals surface area contributed by atoms with Gasteiger partial charge in [0.1, 0.15) is 0 Å². The van der Waals surface area contributed by atoms with Gasteiger partial charge >= 0.3 is 6.18 Å². The predicted molar refractivity (Wildman–Crippen MR) is 111 cm³/mol. The van der Waals surface area contributed by atoms with Crippen molar-refractivity contribution in [3.63, 3.8) is 0 Å². The Bertz CT molecular complexity index is 957. The topological polar surface area (TPSA) is 71.1 Å². The second-order valence-corrected chi connectivity index (χ2v) is 12.1. The van der Waals surface area contributed by atoms with Gasteiger partial charge in [0.15, 0.2) is 5.13 Å². The summed E-state index contributed by atoms with van der Waals surface area (Å²) in [6, 6.07) is 3.78. The van der Waals surface area contributed by atoms with Crippen molar-refractivity contribution >= 4 is 36.7 Å². The Hall–Kier alpha value is -1.39. The van der Waals surface area contributed by atoms with Crippen LogP contribution in [0.5, 0.6) is 0 Å². The fraction of sp³-hybridized carbons (Fsp3) is 0.632. The van der Waals surface area contributed by atoms with Crippen molar-refractivity contribution in [2.75, 3.05) is 11.9 Å². The van der Waals surface area contributed by atoms with Gasteiger partial charge in [-0.3, -0.25) is 0 Å². The first-order valence-corrected chi connectivity index (χ1v) is 11.9. The smallest absolute Gasteiger partial charge is 0.359 e. The SMILES string of the molecule is CC(C)(C)S(=O)(=O)NCC1CCC(Nc2nc3ccc(C(F)(F)F)cc3s2)CC1. The van der Waals surface area contributed by atoms with Crippen LogP contribution in [0.4, 0.5) is 18.3 Å². The molecule has 0 spiro atoms. The minimum absolute atomic E-state index is 0.188. The molecule has 1 saturated carbocycles. The van der Waals surface area contributed by atoms with Gasteiger partial charge in [0.2, 0.25) is 10.0 Å². The fourth-order valence-electron chi connectivity index (χ4n) is 3.29. The minimum atomic E-state index is -4.36. The van der Waals surface area contributed by atoms with Crippen molar-refractivity contribution in [2.45, 2.75) is 63.4 Å². The lowest BCUT2D eigenvalue weighted by molar-refractivity contribution is -0.137. The Labute approximate surface area is 173 Å². The third-order valence-electron chi connectivity index (χ3n) is 5.26. The van der Waals surface area contributed by atoms with E-state index < -0.39 is 26.5 Å². The van der Waals surface area contributed by atoms with Gasteiger partial charge in [-0.15, -0.1) is 0 Å². The van der Waals surface area contributed by atoms with Crippen LogP contribution >= 0.6 is 11.3 Å². The summed E-state index contributed by atoms with van der Waals surface area (Å²) in [6.45, 7) is 5.46. The molecule has 10 heteroatoms. The van der Waals surface area contributed by atoms with E-state index in [1.165, 1.54) is 17.4 Å². The van der Waals surface area contributed by atoms with Crippen LogP contribution in [-0.2, 0) is 16.2 Å². The van der Waals surface area contributed by atoms with E-state index in [0.29, 0.717) is 21.9 Å². The van der Waals surface area contributed by atoms with Crippen molar-refractivity contribution in [3.05, 3.63) is 23.8 Å². The van der Waals surface area contributed by atoms with Crippen molar-refractivity contribution in [1.82, 2.24) is 9.71 Å². The standard InChI is InChI=1S/C19H26F3N3O2S2/c1-18(2,3)29(26,27)23-11-12-4-7-14(8-5-12)24-17-25-15-9-6-13(19(20,21)22)10-16(15)28-17/h6,9-10,12,14,23H,4-5,7-8,11H2,1-3H3,(H,24,25). The monoisotopic (exact) mass is 449 g/mol. The third kappa shape index (κ3) is 5.40. The van der Waals surface area contributed by atoms with Gasteiger partial charge in [-0.25, -0.2) is 18.1 Å². The number of anilines is 1. The number of fused-ring (bicyclic) bond motifs is 1. The van der Waals surface area contributed by atoms with Gasteiger partial charge in [-0.2, -0.15) is 13.2 Å². The Morgan fingerprint density at radius 1 is 1.14 bits per heavy atom. The van der Waals surface area contributed by atoms with E-state index in [1.54, 1.807) is 20.8 Å². The summed E-state index contributed by atoms with van der Waals surface area (Å²) in [5.41, 5.74) is -0.116. The van der Waals surface area contributed by atoms with Crippen LogP contribution < -0.4 is 10.0 Å². The van der Waals surface area contributed by atoms with Crippen molar-refractivity contribution < 1.29 is 21.6 Å². The lowest BCUT2D eigenvalue weighted by Crippen LogP contribution is -2.42. The third-order valence-corrected chi connectivity index (χ3v) is 8.37. The molecule has 1 aromatic carbocycles. The first-order valence-electron chi connectivity index (χ1n) is 9.59. The molecule has 1 aliphatic carbocycles. The van der Waals surface area contributed by atoms with Crippen LogP contribution in [0.15, 0.2) is 18.2 Å². The Morgan fingerprint density at radius 2 is 1.79 bits per heavy atom. The molecule has 0 unspecified atom stereocenters. The number of hydrogen-bond acceptors (Lipinski definition) is 5. The maximum atomic E-state index is 12.9.